The zero-order valence-electron chi connectivity index (χ0n) is 12.0. The molecule has 0 bridgehead atoms. The first-order valence-electron chi connectivity index (χ1n) is 7.17. The predicted octanol–water partition coefficient (Wildman–Crippen LogP) is 2.82. The molecule has 110 valence electrons. The third-order valence-electron chi connectivity index (χ3n) is 3.78. The van der Waals surface area contributed by atoms with E-state index >= 15 is 0 Å². The van der Waals surface area contributed by atoms with Gasteiger partial charge in [0.05, 0.1) is 12.2 Å². The molecule has 1 aliphatic rings. The number of hydrogen-bond acceptors (Lipinski definition) is 4. The fraction of sp³-hybridized carbons (Fsp3) is 0.375. The summed E-state index contributed by atoms with van der Waals surface area (Å²) in [5, 5.41) is 9.93. The standard InChI is InChI=1S/C16H18N2O2S/c1-2-11-3-5-12(6-4-11)16-17-13-7-8-18(10-15(19)20)9-14(13)21-16/h3-6H,2,7-10H2,1H3,(H,19,20). The molecule has 21 heavy (non-hydrogen) atoms. The Morgan fingerprint density at radius 2 is 2.14 bits per heavy atom. The van der Waals surface area contributed by atoms with Crippen LogP contribution in [-0.2, 0) is 24.2 Å². The number of aromatic nitrogens is 1. The van der Waals surface area contributed by atoms with Gasteiger partial charge in [-0.25, -0.2) is 4.98 Å². The van der Waals surface area contributed by atoms with Crippen molar-refractivity contribution in [2.45, 2.75) is 26.3 Å². The van der Waals surface area contributed by atoms with Crippen LogP contribution < -0.4 is 0 Å². The number of aliphatic carboxylic acids is 1. The second-order valence-electron chi connectivity index (χ2n) is 5.29. The van der Waals surface area contributed by atoms with Gasteiger partial charge in [0.15, 0.2) is 0 Å². The largest absolute Gasteiger partial charge is 0.480 e. The van der Waals surface area contributed by atoms with Crippen molar-refractivity contribution in [3.05, 3.63) is 40.4 Å². The Bertz CT molecular complexity index is 649. The molecule has 0 unspecified atom stereocenters. The number of carboxylic acids is 1. The van der Waals surface area contributed by atoms with Crippen LogP contribution in [0.4, 0.5) is 0 Å². The van der Waals surface area contributed by atoms with E-state index in [0.29, 0.717) is 6.54 Å². The number of thiazole rings is 1. The Morgan fingerprint density at radius 3 is 2.81 bits per heavy atom. The summed E-state index contributed by atoms with van der Waals surface area (Å²) in [6.07, 6.45) is 1.88. The van der Waals surface area contributed by atoms with E-state index in [4.69, 9.17) is 10.1 Å². The lowest BCUT2D eigenvalue weighted by atomic mass is 10.1. The molecule has 0 saturated carbocycles. The smallest absolute Gasteiger partial charge is 0.317 e. The van der Waals surface area contributed by atoms with Crippen LogP contribution in [-0.4, -0.2) is 34.0 Å². The maximum Gasteiger partial charge on any atom is 0.317 e. The van der Waals surface area contributed by atoms with E-state index < -0.39 is 5.97 Å². The number of aryl methyl sites for hydroxylation is 1. The molecule has 1 N–H and O–H groups in total. The second kappa shape index (κ2) is 5.95. The minimum absolute atomic E-state index is 0.109. The molecule has 0 spiro atoms. The van der Waals surface area contributed by atoms with Crippen molar-refractivity contribution in [3.63, 3.8) is 0 Å². The van der Waals surface area contributed by atoms with Gasteiger partial charge in [0, 0.05) is 30.0 Å². The summed E-state index contributed by atoms with van der Waals surface area (Å²) >= 11 is 1.69. The maximum atomic E-state index is 10.8. The Kier molecular flexibility index (Phi) is 4.03. The van der Waals surface area contributed by atoms with Gasteiger partial charge in [-0.2, -0.15) is 0 Å². The second-order valence-corrected chi connectivity index (χ2v) is 6.38. The zero-order chi connectivity index (χ0) is 14.8. The Hall–Kier alpha value is -1.72. The Labute approximate surface area is 128 Å². The molecule has 5 heteroatoms. The van der Waals surface area contributed by atoms with Crippen molar-refractivity contribution in [1.82, 2.24) is 9.88 Å². The Morgan fingerprint density at radius 1 is 1.38 bits per heavy atom. The topological polar surface area (TPSA) is 53.4 Å². The van der Waals surface area contributed by atoms with E-state index in [1.165, 1.54) is 10.4 Å². The third kappa shape index (κ3) is 3.14. The van der Waals surface area contributed by atoms with Gasteiger partial charge in [-0.15, -0.1) is 11.3 Å². The lowest BCUT2D eigenvalue weighted by molar-refractivity contribution is -0.138. The van der Waals surface area contributed by atoms with Gasteiger partial charge in [0.2, 0.25) is 0 Å². The maximum absolute atomic E-state index is 10.8. The van der Waals surface area contributed by atoms with Crippen molar-refractivity contribution in [2.24, 2.45) is 0 Å². The number of hydrogen-bond donors (Lipinski definition) is 1. The SMILES string of the molecule is CCc1ccc(-c2nc3c(s2)CN(CC(=O)O)CC3)cc1. The highest BCUT2D eigenvalue weighted by molar-refractivity contribution is 7.15. The van der Waals surface area contributed by atoms with Gasteiger partial charge >= 0.3 is 5.97 Å². The first kappa shape index (κ1) is 14.2. The molecule has 3 rings (SSSR count). The number of fused-ring (bicyclic) bond motifs is 1. The van der Waals surface area contributed by atoms with Crippen molar-refractivity contribution in [3.8, 4) is 10.6 Å². The summed E-state index contributed by atoms with van der Waals surface area (Å²) in [5.74, 6) is -0.765. The summed E-state index contributed by atoms with van der Waals surface area (Å²) in [5.41, 5.74) is 3.61. The molecule has 0 amide bonds. The molecule has 4 nitrogen and oxygen atoms in total. The lowest BCUT2D eigenvalue weighted by Crippen LogP contribution is -2.34. The lowest BCUT2D eigenvalue weighted by Gasteiger charge is -2.23. The summed E-state index contributed by atoms with van der Waals surface area (Å²) in [6, 6.07) is 8.54. The summed E-state index contributed by atoms with van der Waals surface area (Å²) < 4.78 is 0. The van der Waals surface area contributed by atoms with Crippen LogP contribution in [0.5, 0.6) is 0 Å². The summed E-state index contributed by atoms with van der Waals surface area (Å²) in [4.78, 5) is 18.7. The highest BCUT2D eigenvalue weighted by Crippen LogP contribution is 2.31. The predicted molar refractivity (Wildman–Crippen MR) is 83.5 cm³/mol. The van der Waals surface area contributed by atoms with Gasteiger partial charge in [0.25, 0.3) is 0 Å². The number of carbonyl (C=O) groups is 1. The molecule has 1 aromatic heterocycles. The van der Waals surface area contributed by atoms with Crippen LogP contribution in [0, 0.1) is 0 Å². The van der Waals surface area contributed by atoms with Crippen molar-refractivity contribution in [1.29, 1.82) is 0 Å². The highest BCUT2D eigenvalue weighted by Gasteiger charge is 2.22. The number of rotatable bonds is 4. The van der Waals surface area contributed by atoms with E-state index in [1.54, 1.807) is 11.3 Å². The summed E-state index contributed by atoms with van der Waals surface area (Å²) in [7, 11) is 0. The molecule has 0 saturated heterocycles. The van der Waals surface area contributed by atoms with Crippen molar-refractivity contribution >= 4 is 17.3 Å². The minimum Gasteiger partial charge on any atom is -0.480 e. The summed E-state index contributed by atoms with van der Waals surface area (Å²) in [6.45, 7) is 3.73. The average molecular weight is 302 g/mol. The molecular weight excluding hydrogens is 284 g/mol. The van der Waals surface area contributed by atoms with Crippen LogP contribution in [0.25, 0.3) is 10.6 Å². The normalized spacial score (nSPS) is 14.9. The monoisotopic (exact) mass is 302 g/mol. The highest BCUT2D eigenvalue weighted by atomic mass is 32.1. The van der Waals surface area contributed by atoms with Gasteiger partial charge in [-0.1, -0.05) is 31.2 Å². The first-order valence-corrected chi connectivity index (χ1v) is 7.99. The molecule has 1 aromatic carbocycles. The third-order valence-corrected chi connectivity index (χ3v) is 4.91. The molecule has 2 heterocycles. The van der Waals surface area contributed by atoms with E-state index in [1.807, 2.05) is 4.90 Å². The van der Waals surface area contributed by atoms with Crippen LogP contribution in [0.2, 0.25) is 0 Å². The fourth-order valence-electron chi connectivity index (χ4n) is 2.58. The number of nitrogens with zero attached hydrogens (tertiary/aromatic N) is 2. The molecule has 0 fully saturated rings. The molecule has 0 radical (unpaired) electrons. The van der Waals surface area contributed by atoms with Crippen molar-refractivity contribution < 1.29 is 9.90 Å². The van der Waals surface area contributed by atoms with Crippen LogP contribution in [0.1, 0.15) is 23.1 Å². The van der Waals surface area contributed by atoms with E-state index in [2.05, 4.69) is 31.2 Å². The van der Waals surface area contributed by atoms with Gasteiger partial charge in [0.1, 0.15) is 5.01 Å². The fourth-order valence-corrected chi connectivity index (χ4v) is 3.74. The number of carboxylic acid groups (broad SMARTS) is 1. The quantitative estimate of drug-likeness (QED) is 0.943. The van der Waals surface area contributed by atoms with Crippen LogP contribution >= 0.6 is 11.3 Å². The molecule has 2 aromatic rings. The molecule has 1 aliphatic heterocycles. The van der Waals surface area contributed by atoms with E-state index in [-0.39, 0.29) is 6.54 Å². The minimum atomic E-state index is -0.765. The van der Waals surface area contributed by atoms with Crippen LogP contribution in [0.15, 0.2) is 24.3 Å². The first-order chi connectivity index (χ1) is 10.2. The van der Waals surface area contributed by atoms with Crippen LogP contribution in [0.3, 0.4) is 0 Å². The molecule has 0 atom stereocenters. The van der Waals surface area contributed by atoms with Gasteiger partial charge in [-0.05, 0) is 12.0 Å². The zero-order valence-corrected chi connectivity index (χ0v) is 12.8. The van der Waals surface area contributed by atoms with E-state index in [0.717, 1.165) is 35.7 Å². The molecular formula is C16H18N2O2S. The van der Waals surface area contributed by atoms with Gasteiger partial charge in [-0.3, -0.25) is 9.69 Å². The molecule has 0 aliphatic carbocycles. The average Bonchev–Trinajstić information content (AvgIpc) is 2.90. The Balaban J connectivity index is 1.80. The van der Waals surface area contributed by atoms with E-state index in [9.17, 15) is 4.79 Å². The number of benzene rings is 1. The van der Waals surface area contributed by atoms with Crippen molar-refractivity contribution in [2.75, 3.05) is 13.1 Å². The van der Waals surface area contributed by atoms with Gasteiger partial charge < -0.3 is 5.11 Å².